The van der Waals surface area contributed by atoms with Crippen molar-refractivity contribution in [3.63, 3.8) is 0 Å². The molecule has 0 aliphatic carbocycles. The molecule has 0 aliphatic heterocycles. The second-order valence-corrected chi connectivity index (χ2v) is 6.84. The van der Waals surface area contributed by atoms with E-state index in [9.17, 15) is 19.8 Å². The van der Waals surface area contributed by atoms with Gasteiger partial charge in [-0.3, -0.25) is 14.2 Å². The number of rotatable bonds is 3. The maximum absolute atomic E-state index is 13.1. The Morgan fingerprint density at radius 2 is 1.77 bits per heavy atom. The number of aliphatic carboxylic acids is 1. The van der Waals surface area contributed by atoms with Crippen LogP contribution in [0.4, 0.5) is 0 Å². The van der Waals surface area contributed by atoms with E-state index >= 15 is 0 Å². The second kappa shape index (κ2) is 6.67. The van der Waals surface area contributed by atoms with Crippen molar-refractivity contribution in [3.05, 3.63) is 63.3 Å². The van der Waals surface area contributed by atoms with Crippen molar-refractivity contribution in [2.45, 2.75) is 19.8 Å². The lowest BCUT2D eigenvalue weighted by Gasteiger charge is -2.10. The molecule has 1 aromatic heterocycles. The highest BCUT2D eigenvalue weighted by Crippen LogP contribution is 2.35. The lowest BCUT2D eigenvalue weighted by molar-refractivity contribution is -0.138. The summed E-state index contributed by atoms with van der Waals surface area (Å²) >= 11 is 11.9. The van der Waals surface area contributed by atoms with Gasteiger partial charge in [-0.05, 0) is 55.8 Å². The zero-order valence-corrected chi connectivity index (χ0v) is 15.5. The number of phenols is 1. The molecular formula is C19H15Cl2NO4. The minimum absolute atomic E-state index is 0.00419. The van der Waals surface area contributed by atoms with E-state index in [1.54, 1.807) is 26.0 Å². The lowest BCUT2D eigenvalue weighted by Crippen LogP contribution is -2.15. The molecule has 0 unspecified atom stereocenters. The van der Waals surface area contributed by atoms with Crippen LogP contribution in [0.5, 0.6) is 5.75 Å². The molecule has 5 nitrogen and oxygen atoms in total. The van der Waals surface area contributed by atoms with E-state index < -0.39 is 11.9 Å². The molecule has 0 amide bonds. The summed E-state index contributed by atoms with van der Waals surface area (Å²) in [5.41, 5.74) is 1.81. The Labute approximate surface area is 159 Å². The number of aromatic hydroxyl groups is 1. The quantitative estimate of drug-likeness (QED) is 0.669. The zero-order chi connectivity index (χ0) is 19.2. The summed E-state index contributed by atoms with van der Waals surface area (Å²) in [4.78, 5) is 24.6. The molecule has 0 aliphatic rings. The van der Waals surface area contributed by atoms with Gasteiger partial charge in [0.2, 0.25) is 0 Å². The summed E-state index contributed by atoms with van der Waals surface area (Å²) in [6, 6.07) is 9.07. The van der Waals surface area contributed by atoms with Crippen molar-refractivity contribution in [1.29, 1.82) is 0 Å². The van der Waals surface area contributed by atoms with Gasteiger partial charge in [0.15, 0.2) is 0 Å². The molecule has 26 heavy (non-hydrogen) atoms. The molecule has 0 saturated carbocycles. The fourth-order valence-corrected chi connectivity index (χ4v) is 3.42. The number of carbonyl (C=O) groups excluding carboxylic acids is 1. The first-order valence-corrected chi connectivity index (χ1v) is 8.54. The van der Waals surface area contributed by atoms with Gasteiger partial charge in [0.25, 0.3) is 5.91 Å². The predicted octanol–water partition coefficient (Wildman–Crippen LogP) is 4.84. The van der Waals surface area contributed by atoms with Gasteiger partial charge >= 0.3 is 5.97 Å². The van der Waals surface area contributed by atoms with Crippen LogP contribution in [0.3, 0.4) is 0 Å². The minimum atomic E-state index is -1.02. The molecule has 1 atom stereocenters. The molecule has 0 radical (unpaired) electrons. The van der Waals surface area contributed by atoms with E-state index in [-0.39, 0.29) is 16.7 Å². The summed E-state index contributed by atoms with van der Waals surface area (Å²) in [6.45, 7) is 3.23. The number of benzene rings is 2. The Kier molecular flexibility index (Phi) is 4.69. The highest BCUT2D eigenvalue weighted by Gasteiger charge is 2.26. The van der Waals surface area contributed by atoms with E-state index in [0.717, 1.165) is 0 Å². The van der Waals surface area contributed by atoms with Gasteiger partial charge in [-0.2, -0.15) is 0 Å². The molecule has 0 bridgehead atoms. The van der Waals surface area contributed by atoms with Crippen molar-refractivity contribution < 1.29 is 19.8 Å². The highest BCUT2D eigenvalue weighted by molar-refractivity contribution is 6.42. The van der Waals surface area contributed by atoms with Crippen LogP contribution in [0.2, 0.25) is 10.0 Å². The standard InChI is InChI=1S/C19H15Cl2NO4/c1-9(19(25)26)17-10(2)22(16-6-4-12(23)8-13(16)17)18(24)11-3-5-14(20)15(21)7-11/h3-9,23H,1-2H3,(H,25,26)/t9-/m0/s1. The minimum Gasteiger partial charge on any atom is -0.508 e. The van der Waals surface area contributed by atoms with Crippen LogP contribution in [-0.4, -0.2) is 26.7 Å². The van der Waals surface area contributed by atoms with Gasteiger partial charge in [0.05, 0.1) is 21.5 Å². The number of hydrogen-bond acceptors (Lipinski definition) is 3. The van der Waals surface area contributed by atoms with Crippen molar-refractivity contribution in [1.82, 2.24) is 4.57 Å². The monoisotopic (exact) mass is 391 g/mol. The van der Waals surface area contributed by atoms with Crippen molar-refractivity contribution in [2.24, 2.45) is 0 Å². The number of hydrogen-bond donors (Lipinski definition) is 2. The molecule has 2 N–H and O–H groups in total. The normalized spacial score (nSPS) is 12.3. The Morgan fingerprint density at radius 1 is 1.08 bits per heavy atom. The van der Waals surface area contributed by atoms with Crippen molar-refractivity contribution in [2.75, 3.05) is 0 Å². The number of fused-ring (bicyclic) bond motifs is 1. The maximum Gasteiger partial charge on any atom is 0.310 e. The molecule has 3 aromatic rings. The zero-order valence-electron chi connectivity index (χ0n) is 14.0. The molecule has 7 heteroatoms. The number of halogens is 2. The molecule has 134 valence electrons. The van der Waals surface area contributed by atoms with Gasteiger partial charge in [-0.15, -0.1) is 0 Å². The number of nitrogens with zero attached hydrogens (tertiary/aromatic N) is 1. The Bertz CT molecular complexity index is 1060. The lowest BCUT2D eigenvalue weighted by atomic mass is 9.98. The largest absolute Gasteiger partial charge is 0.508 e. The average Bonchev–Trinajstić information content (AvgIpc) is 2.87. The molecule has 0 saturated heterocycles. The van der Waals surface area contributed by atoms with Gasteiger partial charge < -0.3 is 10.2 Å². The summed E-state index contributed by atoms with van der Waals surface area (Å²) < 4.78 is 1.43. The number of phenolic OH excluding ortho intramolecular Hbond substituents is 1. The third kappa shape index (κ3) is 2.93. The van der Waals surface area contributed by atoms with Crippen LogP contribution in [0.15, 0.2) is 36.4 Å². The molecule has 1 heterocycles. The van der Waals surface area contributed by atoms with E-state index in [1.807, 2.05) is 0 Å². The van der Waals surface area contributed by atoms with Crippen molar-refractivity contribution in [3.8, 4) is 5.75 Å². The first-order valence-electron chi connectivity index (χ1n) is 7.79. The second-order valence-electron chi connectivity index (χ2n) is 6.03. The molecule has 2 aromatic carbocycles. The van der Waals surface area contributed by atoms with Gasteiger partial charge in [0.1, 0.15) is 5.75 Å². The first-order chi connectivity index (χ1) is 12.2. The molecule has 3 rings (SSSR count). The number of aromatic nitrogens is 1. The van der Waals surface area contributed by atoms with Crippen LogP contribution in [0.25, 0.3) is 10.9 Å². The van der Waals surface area contributed by atoms with Crippen LogP contribution < -0.4 is 0 Å². The smallest absolute Gasteiger partial charge is 0.310 e. The Morgan fingerprint density at radius 3 is 2.38 bits per heavy atom. The number of carboxylic acids is 1. The Hall–Kier alpha value is -2.50. The van der Waals surface area contributed by atoms with Crippen LogP contribution in [-0.2, 0) is 4.79 Å². The van der Waals surface area contributed by atoms with E-state index in [4.69, 9.17) is 23.2 Å². The van der Waals surface area contributed by atoms with Gasteiger partial charge in [-0.1, -0.05) is 23.2 Å². The average molecular weight is 392 g/mol. The van der Waals surface area contributed by atoms with E-state index in [1.165, 1.54) is 28.8 Å². The Balaban J connectivity index is 2.29. The van der Waals surface area contributed by atoms with Gasteiger partial charge in [0, 0.05) is 16.6 Å². The fourth-order valence-electron chi connectivity index (χ4n) is 3.12. The topological polar surface area (TPSA) is 79.5 Å². The van der Waals surface area contributed by atoms with E-state index in [0.29, 0.717) is 32.7 Å². The van der Waals surface area contributed by atoms with E-state index in [2.05, 4.69) is 0 Å². The third-order valence-corrected chi connectivity index (χ3v) is 5.15. The highest BCUT2D eigenvalue weighted by atomic mass is 35.5. The fraction of sp³-hybridized carbons (Fsp3) is 0.158. The summed E-state index contributed by atoms with van der Waals surface area (Å²) in [6.07, 6.45) is 0. The molecule has 0 fully saturated rings. The summed E-state index contributed by atoms with van der Waals surface area (Å²) in [5.74, 6) is -2.23. The first kappa shape index (κ1) is 18.3. The van der Waals surface area contributed by atoms with Crippen LogP contribution >= 0.6 is 23.2 Å². The third-order valence-electron chi connectivity index (χ3n) is 4.41. The summed E-state index contributed by atoms with van der Waals surface area (Å²) in [7, 11) is 0. The number of carboxylic acid groups (broad SMARTS) is 1. The van der Waals surface area contributed by atoms with Crippen molar-refractivity contribution >= 4 is 46.0 Å². The van der Waals surface area contributed by atoms with Crippen LogP contribution in [0, 0.1) is 6.92 Å². The molecular weight excluding hydrogens is 377 g/mol. The number of carbonyl (C=O) groups is 2. The van der Waals surface area contributed by atoms with Gasteiger partial charge in [-0.25, -0.2) is 0 Å². The summed E-state index contributed by atoms with van der Waals surface area (Å²) in [5, 5.41) is 20.4. The predicted molar refractivity (Wildman–Crippen MR) is 101 cm³/mol. The van der Waals surface area contributed by atoms with Crippen LogP contribution in [0.1, 0.15) is 34.5 Å². The molecule has 0 spiro atoms. The SMILES string of the molecule is Cc1c([C@H](C)C(=O)O)c2cc(O)ccc2n1C(=O)c1ccc(Cl)c(Cl)c1. The maximum atomic E-state index is 13.1.